The summed E-state index contributed by atoms with van der Waals surface area (Å²) in [6.07, 6.45) is 4.83. The van der Waals surface area contributed by atoms with Crippen LogP contribution < -0.4 is 0 Å². The van der Waals surface area contributed by atoms with E-state index in [0.29, 0.717) is 13.0 Å². The van der Waals surface area contributed by atoms with Gasteiger partial charge in [-0.15, -0.1) is 0 Å². The van der Waals surface area contributed by atoms with Crippen molar-refractivity contribution in [2.24, 2.45) is 17.8 Å². The maximum Gasteiger partial charge on any atom is 0.344 e. The molecule has 5 nitrogen and oxygen atoms in total. The van der Waals surface area contributed by atoms with E-state index in [2.05, 4.69) is 0 Å². The Morgan fingerprint density at radius 1 is 1.33 bits per heavy atom. The summed E-state index contributed by atoms with van der Waals surface area (Å²) in [6, 6.07) is 0. The second-order valence-corrected chi connectivity index (χ2v) is 4.59. The summed E-state index contributed by atoms with van der Waals surface area (Å²) < 4.78 is 9.68. The van der Waals surface area contributed by atoms with E-state index in [1.807, 2.05) is 13.0 Å². The highest BCUT2D eigenvalue weighted by molar-refractivity contribution is 5.97. The lowest BCUT2D eigenvalue weighted by atomic mass is 9.94. The summed E-state index contributed by atoms with van der Waals surface area (Å²) in [6.45, 7) is 1.84. The van der Waals surface area contributed by atoms with Gasteiger partial charge in [-0.1, -0.05) is 19.1 Å². The fraction of sp³-hybridized carbons (Fsp3) is 0.615. The molecule has 0 aromatic rings. The van der Waals surface area contributed by atoms with Crippen molar-refractivity contribution in [3.63, 3.8) is 0 Å². The van der Waals surface area contributed by atoms with Gasteiger partial charge in [0, 0.05) is 11.8 Å². The monoisotopic (exact) mass is 252 g/mol. The van der Waals surface area contributed by atoms with Gasteiger partial charge in [0.05, 0.1) is 12.5 Å². The number of ether oxygens (including phenoxy) is 2. The van der Waals surface area contributed by atoms with E-state index in [0.717, 1.165) is 6.42 Å². The quantitative estimate of drug-likeness (QED) is 0.536. The topological polar surface area (TPSA) is 69.7 Å². The van der Waals surface area contributed by atoms with E-state index < -0.39 is 17.9 Å². The Hall–Kier alpha value is -1.65. The van der Waals surface area contributed by atoms with E-state index in [-0.39, 0.29) is 24.2 Å². The number of carbonyl (C=O) groups is 3. The first kappa shape index (κ1) is 12.8. The van der Waals surface area contributed by atoms with Crippen LogP contribution in [0.3, 0.4) is 0 Å². The summed E-state index contributed by atoms with van der Waals surface area (Å²) in [4.78, 5) is 34.5. The van der Waals surface area contributed by atoms with Gasteiger partial charge in [0.15, 0.2) is 6.61 Å². The molecule has 0 spiro atoms. The molecular formula is C13H16O5. The van der Waals surface area contributed by atoms with Crippen molar-refractivity contribution < 1.29 is 23.9 Å². The number of allylic oxidation sites excluding steroid dienone is 2. The Kier molecular flexibility index (Phi) is 3.79. The molecule has 2 aliphatic rings. The Morgan fingerprint density at radius 3 is 2.67 bits per heavy atom. The number of hydrogen-bond donors (Lipinski definition) is 0. The molecule has 0 aromatic carbocycles. The van der Waals surface area contributed by atoms with Crippen molar-refractivity contribution >= 4 is 17.7 Å². The molecule has 0 aliphatic heterocycles. The predicted octanol–water partition coefficient (Wildman–Crippen LogP) is 0.874. The second kappa shape index (κ2) is 5.33. The van der Waals surface area contributed by atoms with Gasteiger partial charge >= 0.3 is 11.9 Å². The summed E-state index contributed by atoms with van der Waals surface area (Å²) in [7, 11) is 0. The van der Waals surface area contributed by atoms with Gasteiger partial charge in [-0.2, -0.15) is 0 Å². The Balaban J connectivity index is 1.78. The zero-order valence-electron chi connectivity index (χ0n) is 10.3. The molecule has 0 saturated heterocycles. The van der Waals surface area contributed by atoms with Gasteiger partial charge in [-0.05, 0) is 12.8 Å². The maximum atomic E-state index is 11.7. The van der Waals surface area contributed by atoms with Gasteiger partial charge in [-0.3, -0.25) is 9.59 Å². The normalized spacial score (nSPS) is 28.5. The molecule has 3 atom stereocenters. The van der Waals surface area contributed by atoms with Crippen molar-refractivity contribution in [1.82, 2.24) is 0 Å². The van der Waals surface area contributed by atoms with Crippen LogP contribution in [0.2, 0.25) is 0 Å². The highest BCUT2D eigenvalue weighted by Gasteiger charge is 2.47. The summed E-state index contributed by atoms with van der Waals surface area (Å²) in [5.41, 5.74) is 0. The van der Waals surface area contributed by atoms with Crippen molar-refractivity contribution in [3.05, 3.63) is 12.2 Å². The van der Waals surface area contributed by atoms with E-state index >= 15 is 0 Å². The molecule has 18 heavy (non-hydrogen) atoms. The summed E-state index contributed by atoms with van der Waals surface area (Å²) in [5, 5.41) is 0. The highest BCUT2D eigenvalue weighted by atomic mass is 16.6. The lowest BCUT2D eigenvalue weighted by molar-refractivity contribution is -0.162. The summed E-state index contributed by atoms with van der Waals surface area (Å²) >= 11 is 0. The van der Waals surface area contributed by atoms with Crippen LogP contribution in [-0.4, -0.2) is 30.9 Å². The first-order valence-electron chi connectivity index (χ1n) is 6.17. The SMILES string of the molecule is CCCOC(=O)COC(=O)C1CC2C=CC1C2=O. The third-order valence-corrected chi connectivity index (χ3v) is 3.29. The smallest absolute Gasteiger partial charge is 0.344 e. The predicted molar refractivity (Wildman–Crippen MR) is 61.4 cm³/mol. The minimum absolute atomic E-state index is 0.0884. The molecule has 98 valence electrons. The van der Waals surface area contributed by atoms with E-state index in [1.165, 1.54) is 0 Å². The maximum absolute atomic E-state index is 11.7. The van der Waals surface area contributed by atoms with Crippen LogP contribution in [0.4, 0.5) is 0 Å². The van der Waals surface area contributed by atoms with E-state index in [1.54, 1.807) is 6.08 Å². The lowest BCUT2D eigenvalue weighted by Gasteiger charge is -2.14. The largest absolute Gasteiger partial charge is 0.463 e. The molecule has 0 aromatic heterocycles. The zero-order valence-corrected chi connectivity index (χ0v) is 10.3. The second-order valence-electron chi connectivity index (χ2n) is 4.59. The van der Waals surface area contributed by atoms with Gasteiger partial charge in [0.2, 0.25) is 0 Å². The summed E-state index contributed by atoms with van der Waals surface area (Å²) in [5.74, 6) is -1.85. The van der Waals surface area contributed by atoms with Crippen LogP contribution >= 0.6 is 0 Å². The molecule has 2 rings (SSSR count). The lowest BCUT2D eigenvalue weighted by Crippen LogP contribution is -2.26. The minimum atomic E-state index is -0.546. The van der Waals surface area contributed by atoms with Crippen molar-refractivity contribution in [2.75, 3.05) is 13.2 Å². The first-order chi connectivity index (χ1) is 8.63. The number of esters is 2. The average molecular weight is 252 g/mol. The number of Topliss-reactive ketones (excluding diaryl/α,β-unsaturated/α-hetero) is 1. The molecule has 3 unspecified atom stereocenters. The van der Waals surface area contributed by atoms with Crippen LogP contribution in [0.25, 0.3) is 0 Å². The van der Waals surface area contributed by atoms with Gasteiger partial charge in [0.1, 0.15) is 5.78 Å². The van der Waals surface area contributed by atoms with Crippen LogP contribution in [0.15, 0.2) is 12.2 Å². The van der Waals surface area contributed by atoms with Crippen molar-refractivity contribution in [1.29, 1.82) is 0 Å². The standard InChI is InChI=1S/C13H16O5/c1-2-5-17-11(14)7-18-13(16)10-6-8-3-4-9(10)12(8)15/h3-4,8-10H,2,5-7H2,1H3. The first-order valence-corrected chi connectivity index (χ1v) is 6.17. The fourth-order valence-electron chi connectivity index (χ4n) is 2.38. The van der Waals surface area contributed by atoms with Crippen molar-refractivity contribution in [2.45, 2.75) is 19.8 Å². The molecule has 0 radical (unpaired) electrons. The molecule has 0 amide bonds. The van der Waals surface area contributed by atoms with Gasteiger partial charge in [0.25, 0.3) is 0 Å². The Bertz CT molecular complexity index is 398. The van der Waals surface area contributed by atoms with Gasteiger partial charge in [-0.25, -0.2) is 4.79 Å². The highest BCUT2D eigenvalue weighted by Crippen LogP contribution is 2.41. The molecule has 0 N–H and O–H groups in total. The third-order valence-electron chi connectivity index (χ3n) is 3.29. The number of ketones is 1. The zero-order chi connectivity index (χ0) is 13.1. The van der Waals surface area contributed by atoms with Crippen LogP contribution in [-0.2, 0) is 23.9 Å². The fourth-order valence-corrected chi connectivity index (χ4v) is 2.38. The van der Waals surface area contributed by atoms with Crippen LogP contribution in [0, 0.1) is 17.8 Å². The molecule has 2 bridgehead atoms. The number of rotatable bonds is 5. The van der Waals surface area contributed by atoms with Crippen LogP contribution in [0.5, 0.6) is 0 Å². The van der Waals surface area contributed by atoms with Gasteiger partial charge < -0.3 is 9.47 Å². The molecule has 5 heteroatoms. The van der Waals surface area contributed by atoms with E-state index in [9.17, 15) is 14.4 Å². The third kappa shape index (κ3) is 2.44. The number of carbonyl (C=O) groups excluding carboxylic acids is 3. The number of hydrogen-bond acceptors (Lipinski definition) is 5. The average Bonchev–Trinajstić information content (AvgIpc) is 2.89. The molecule has 1 fully saturated rings. The van der Waals surface area contributed by atoms with Crippen molar-refractivity contribution in [3.8, 4) is 0 Å². The number of fused-ring (bicyclic) bond motifs is 2. The Labute approximate surface area is 105 Å². The molecule has 2 aliphatic carbocycles. The molecule has 1 saturated carbocycles. The molecule has 0 heterocycles. The molecular weight excluding hydrogens is 236 g/mol. The van der Waals surface area contributed by atoms with E-state index in [4.69, 9.17) is 9.47 Å². The van der Waals surface area contributed by atoms with Crippen LogP contribution in [0.1, 0.15) is 19.8 Å². The minimum Gasteiger partial charge on any atom is -0.463 e. The Morgan fingerprint density at radius 2 is 2.11 bits per heavy atom.